The van der Waals surface area contributed by atoms with Crippen molar-refractivity contribution < 1.29 is 19.5 Å². The quantitative estimate of drug-likeness (QED) is 0.771. The van der Waals surface area contributed by atoms with E-state index in [4.69, 9.17) is 5.11 Å². The normalized spacial score (nSPS) is 28.2. The molecule has 2 aliphatic carbocycles. The molecule has 3 N–H and O–H groups in total. The Morgan fingerprint density at radius 2 is 1.92 bits per heavy atom. The summed E-state index contributed by atoms with van der Waals surface area (Å²) in [7, 11) is 0. The highest BCUT2D eigenvalue weighted by atomic mass is 16.4. The van der Waals surface area contributed by atoms with Crippen molar-refractivity contribution >= 4 is 23.5 Å². The summed E-state index contributed by atoms with van der Waals surface area (Å²) in [5, 5.41) is 14.8. The van der Waals surface area contributed by atoms with Gasteiger partial charge in [-0.1, -0.05) is 13.0 Å². The number of hydrogen-bond donors (Lipinski definition) is 3. The van der Waals surface area contributed by atoms with Gasteiger partial charge in [0.15, 0.2) is 0 Å². The summed E-state index contributed by atoms with van der Waals surface area (Å²) < 4.78 is 0. The Balaban J connectivity index is 1.58. The molecule has 3 rings (SSSR count). The summed E-state index contributed by atoms with van der Waals surface area (Å²) >= 11 is 0. The zero-order valence-electron chi connectivity index (χ0n) is 13.6. The van der Waals surface area contributed by atoms with Crippen LogP contribution in [0.3, 0.4) is 0 Å². The molecule has 1 aromatic rings. The Morgan fingerprint density at radius 3 is 2.54 bits per heavy atom. The van der Waals surface area contributed by atoms with Gasteiger partial charge in [-0.2, -0.15) is 0 Å². The summed E-state index contributed by atoms with van der Waals surface area (Å²) in [5.74, 6) is -0.899. The molecule has 2 aliphatic rings. The summed E-state index contributed by atoms with van der Waals surface area (Å²) in [6, 6.07) is 6.73. The minimum atomic E-state index is -0.800. The highest BCUT2D eigenvalue weighted by molar-refractivity contribution is 5.98. The van der Waals surface area contributed by atoms with Crippen molar-refractivity contribution in [1.82, 2.24) is 5.32 Å². The Hall–Kier alpha value is -2.37. The van der Waals surface area contributed by atoms with Gasteiger partial charge in [-0.05, 0) is 49.8 Å². The number of hydrogen-bond acceptors (Lipinski definition) is 3. The molecule has 24 heavy (non-hydrogen) atoms. The molecule has 1 aromatic carbocycles. The van der Waals surface area contributed by atoms with Gasteiger partial charge in [0.1, 0.15) is 0 Å². The molecule has 0 spiro atoms. The summed E-state index contributed by atoms with van der Waals surface area (Å²) in [4.78, 5) is 35.3. The average molecular weight is 330 g/mol. The van der Waals surface area contributed by atoms with Crippen LogP contribution in [-0.4, -0.2) is 28.9 Å². The third kappa shape index (κ3) is 3.75. The lowest BCUT2D eigenvalue weighted by Gasteiger charge is -2.13. The van der Waals surface area contributed by atoms with Gasteiger partial charge in [0.25, 0.3) is 5.91 Å². The highest BCUT2D eigenvalue weighted by Gasteiger charge is 2.39. The van der Waals surface area contributed by atoms with Crippen molar-refractivity contribution in [2.75, 3.05) is 5.32 Å². The zero-order valence-corrected chi connectivity index (χ0v) is 13.6. The first kappa shape index (κ1) is 16.5. The van der Waals surface area contributed by atoms with Gasteiger partial charge in [0.2, 0.25) is 5.91 Å². The van der Waals surface area contributed by atoms with Crippen LogP contribution >= 0.6 is 0 Å². The van der Waals surface area contributed by atoms with Gasteiger partial charge >= 0.3 is 5.97 Å². The smallest absolute Gasteiger partial charge is 0.306 e. The molecule has 6 heteroatoms. The van der Waals surface area contributed by atoms with Gasteiger partial charge in [-0.15, -0.1) is 0 Å². The lowest BCUT2D eigenvalue weighted by atomic mass is 10.1. The fourth-order valence-electron chi connectivity index (χ4n) is 3.27. The summed E-state index contributed by atoms with van der Waals surface area (Å²) in [6.07, 6.45) is 2.66. The van der Waals surface area contributed by atoms with E-state index >= 15 is 0 Å². The molecule has 0 saturated heterocycles. The van der Waals surface area contributed by atoms with E-state index < -0.39 is 5.97 Å². The lowest BCUT2D eigenvalue weighted by molar-refractivity contribution is -0.141. The fraction of sp³-hybridized carbons (Fsp3) is 0.500. The van der Waals surface area contributed by atoms with Crippen molar-refractivity contribution in [3.05, 3.63) is 29.8 Å². The van der Waals surface area contributed by atoms with E-state index in [1.54, 1.807) is 24.3 Å². The first-order valence-corrected chi connectivity index (χ1v) is 8.38. The van der Waals surface area contributed by atoms with Crippen molar-refractivity contribution in [2.45, 2.75) is 38.6 Å². The van der Waals surface area contributed by atoms with Gasteiger partial charge < -0.3 is 15.7 Å². The highest BCUT2D eigenvalue weighted by Crippen LogP contribution is 2.38. The van der Waals surface area contributed by atoms with Gasteiger partial charge in [0, 0.05) is 23.2 Å². The lowest BCUT2D eigenvalue weighted by Crippen LogP contribution is -2.33. The predicted molar refractivity (Wildman–Crippen MR) is 88.6 cm³/mol. The number of carbonyl (C=O) groups excluding carboxylic acids is 2. The van der Waals surface area contributed by atoms with E-state index in [1.807, 2.05) is 6.92 Å². The second kappa shape index (κ2) is 6.63. The van der Waals surface area contributed by atoms with Crippen LogP contribution in [0.15, 0.2) is 24.3 Å². The maximum Gasteiger partial charge on any atom is 0.306 e. The number of rotatable bonds is 5. The zero-order chi connectivity index (χ0) is 17.3. The van der Waals surface area contributed by atoms with Gasteiger partial charge in [-0.25, -0.2) is 0 Å². The largest absolute Gasteiger partial charge is 0.481 e. The van der Waals surface area contributed by atoms with Crippen molar-refractivity contribution in [2.24, 2.45) is 17.8 Å². The molecular weight excluding hydrogens is 308 g/mol. The third-order valence-electron chi connectivity index (χ3n) is 4.96. The van der Waals surface area contributed by atoms with E-state index in [0.29, 0.717) is 36.4 Å². The molecule has 6 nitrogen and oxygen atoms in total. The summed E-state index contributed by atoms with van der Waals surface area (Å²) in [6.45, 7) is 2.04. The number of carboxylic acids is 1. The van der Waals surface area contributed by atoms with Crippen LogP contribution < -0.4 is 10.6 Å². The molecule has 0 heterocycles. The van der Waals surface area contributed by atoms with Gasteiger partial charge in [-0.3, -0.25) is 14.4 Å². The van der Waals surface area contributed by atoms with E-state index in [1.165, 1.54) is 0 Å². The van der Waals surface area contributed by atoms with Crippen LogP contribution in [0.2, 0.25) is 0 Å². The molecule has 2 unspecified atom stereocenters. The first-order valence-electron chi connectivity index (χ1n) is 8.38. The topological polar surface area (TPSA) is 95.5 Å². The maximum absolute atomic E-state index is 12.3. The number of anilines is 1. The standard InChI is InChI=1S/C18H22N2O4/c1-10-7-15(10)17(22)20-13-4-2-3-11(8-13)16(21)19-14-6-5-12(9-14)18(23)24/h2-4,8,10,12,14-15H,5-7,9H2,1H3,(H,19,21)(H,20,22)(H,23,24)/t10?,12-,14+,15?/m1/s1. The molecule has 0 radical (unpaired) electrons. The summed E-state index contributed by atoms with van der Waals surface area (Å²) in [5.41, 5.74) is 1.08. The van der Waals surface area contributed by atoms with E-state index in [9.17, 15) is 14.4 Å². The number of benzene rings is 1. The molecule has 0 bridgehead atoms. The molecule has 2 amide bonds. The Labute approximate surface area is 140 Å². The van der Waals surface area contributed by atoms with E-state index in [0.717, 1.165) is 6.42 Å². The second-order valence-electron chi connectivity index (χ2n) is 6.91. The minimum Gasteiger partial charge on any atom is -0.481 e. The molecule has 2 saturated carbocycles. The molecule has 0 aliphatic heterocycles. The van der Waals surface area contributed by atoms with Crippen LogP contribution in [0.25, 0.3) is 0 Å². The molecular formula is C18H22N2O4. The number of nitrogens with one attached hydrogen (secondary N) is 2. The molecule has 0 aromatic heterocycles. The van der Waals surface area contributed by atoms with Crippen LogP contribution in [-0.2, 0) is 9.59 Å². The van der Waals surface area contributed by atoms with Crippen molar-refractivity contribution in [3.63, 3.8) is 0 Å². The van der Waals surface area contributed by atoms with Gasteiger partial charge in [0.05, 0.1) is 5.92 Å². The van der Waals surface area contributed by atoms with E-state index in [2.05, 4.69) is 10.6 Å². The van der Waals surface area contributed by atoms with Crippen LogP contribution in [0, 0.1) is 17.8 Å². The molecule has 2 fully saturated rings. The van der Waals surface area contributed by atoms with Crippen LogP contribution in [0.5, 0.6) is 0 Å². The first-order chi connectivity index (χ1) is 11.4. The number of carbonyl (C=O) groups is 3. The SMILES string of the molecule is CC1CC1C(=O)Nc1cccc(C(=O)N[C@H]2CC[C@@H](C(=O)O)C2)c1. The third-order valence-corrected chi connectivity index (χ3v) is 4.96. The monoisotopic (exact) mass is 330 g/mol. The van der Waals surface area contributed by atoms with E-state index in [-0.39, 0.29) is 29.7 Å². The Kier molecular flexibility index (Phi) is 4.55. The number of aliphatic carboxylic acids is 1. The van der Waals surface area contributed by atoms with Crippen LogP contribution in [0.1, 0.15) is 43.0 Å². The maximum atomic E-state index is 12.3. The second-order valence-corrected chi connectivity index (χ2v) is 6.91. The van der Waals surface area contributed by atoms with Crippen molar-refractivity contribution in [1.29, 1.82) is 0 Å². The minimum absolute atomic E-state index is 0.000140. The number of amides is 2. The van der Waals surface area contributed by atoms with Crippen LogP contribution in [0.4, 0.5) is 5.69 Å². The molecule has 128 valence electrons. The van der Waals surface area contributed by atoms with Crippen molar-refractivity contribution in [3.8, 4) is 0 Å². The number of carboxylic acid groups (broad SMARTS) is 1. The Morgan fingerprint density at radius 1 is 1.17 bits per heavy atom. The molecule has 4 atom stereocenters. The Bertz CT molecular complexity index is 673. The fourth-order valence-corrected chi connectivity index (χ4v) is 3.27. The predicted octanol–water partition coefficient (Wildman–Crippen LogP) is 2.26. The average Bonchev–Trinajstić information content (AvgIpc) is 3.09.